The van der Waals surface area contributed by atoms with Crippen molar-refractivity contribution in [3.05, 3.63) is 52.8 Å². The highest BCUT2D eigenvalue weighted by Gasteiger charge is 2.14. The molecule has 0 unspecified atom stereocenters. The third kappa shape index (κ3) is 3.20. The average Bonchev–Trinajstić information content (AvgIpc) is 2.91. The Kier molecular flexibility index (Phi) is 4.79. The smallest absolute Gasteiger partial charge is 0.257 e. The molecule has 2 rings (SSSR count). The van der Waals surface area contributed by atoms with E-state index in [0.29, 0.717) is 30.2 Å². The van der Waals surface area contributed by atoms with Crippen molar-refractivity contribution in [2.24, 2.45) is 0 Å². The van der Waals surface area contributed by atoms with Gasteiger partial charge in [0.05, 0.1) is 18.3 Å². The Balaban J connectivity index is 2.13. The molecule has 2 aromatic rings. The van der Waals surface area contributed by atoms with Gasteiger partial charge in [-0.2, -0.15) is 5.10 Å². The number of carbonyl (C=O) groups excluding carboxylic acids is 1. The molecule has 1 aromatic heterocycles. The summed E-state index contributed by atoms with van der Waals surface area (Å²) in [6.45, 7) is 5.90. The number of halogens is 1. The van der Waals surface area contributed by atoms with Gasteiger partial charge in [0, 0.05) is 24.3 Å². The second-order valence-corrected chi connectivity index (χ2v) is 4.90. The minimum absolute atomic E-state index is 0.0143. The summed E-state index contributed by atoms with van der Waals surface area (Å²) in [5.74, 6) is 0.0143. The van der Waals surface area contributed by atoms with Gasteiger partial charge in [-0.05, 0) is 25.5 Å². The number of hydrogen-bond donors (Lipinski definition) is 0. The van der Waals surface area contributed by atoms with Crippen LogP contribution in [0.1, 0.15) is 29.8 Å². The van der Waals surface area contributed by atoms with Gasteiger partial charge in [-0.15, -0.1) is 0 Å². The lowest BCUT2D eigenvalue weighted by atomic mass is 10.2. The predicted octanol–water partition coefficient (Wildman–Crippen LogP) is 3.07. The molecular weight excluding hydrogens is 274 g/mol. The van der Waals surface area contributed by atoms with E-state index in [1.165, 1.54) is 0 Å². The predicted molar refractivity (Wildman–Crippen MR) is 80.0 cm³/mol. The Hall–Kier alpha value is -1.81. The zero-order chi connectivity index (χ0) is 14.5. The minimum atomic E-state index is 0.0143. The van der Waals surface area contributed by atoms with Crippen molar-refractivity contribution >= 4 is 17.5 Å². The van der Waals surface area contributed by atoms with E-state index in [1.54, 1.807) is 22.0 Å². The highest BCUT2D eigenvalue weighted by molar-refractivity contribution is 6.31. The zero-order valence-electron chi connectivity index (χ0n) is 11.7. The maximum Gasteiger partial charge on any atom is 0.257 e. The number of rotatable bonds is 5. The van der Waals surface area contributed by atoms with Gasteiger partial charge in [0.2, 0.25) is 0 Å². The van der Waals surface area contributed by atoms with Crippen LogP contribution in [-0.4, -0.2) is 33.7 Å². The number of nitrogens with zero attached hydrogens (tertiary/aromatic N) is 3. The van der Waals surface area contributed by atoms with Crippen LogP contribution in [0.5, 0.6) is 0 Å². The number of aromatic nitrogens is 2. The van der Waals surface area contributed by atoms with E-state index in [2.05, 4.69) is 5.10 Å². The van der Waals surface area contributed by atoms with Gasteiger partial charge in [-0.1, -0.05) is 29.8 Å². The second kappa shape index (κ2) is 6.57. The standard InChI is InChI=1S/C15H18ClN3O/c1-3-18(4-2)15(20)13-9-17-19(11-13)10-12-7-5-6-8-14(12)16/h5-9,11H,3-4,10H2,1-2H3. The molecule has 0 aliphatic rings. The molecule has 0 fully saturated rings. The fourth-order valence-corrected chi connectivity index (χ4v) is 2.25. The van der Waals surface area contributed by atoms with Crippen LogP contribution in [-0.2, 0) is 6.54 Å². The number of hydrogen-bond acceptors (Lipinski definition) is 2. The second-order valence-electron chi connectivity index (χ2n) is 4.50. The molecule has 0 aliphatic heterocycles. The van der Waals surface area contributed by atoms with Gasteiger partial charge < -0.3 is 4.90 Å². The van der Waals surface area contributed by atoms with Crippen LogP contribution < -0.4 is 0 Å². The highest BCUT2D eigenvalue weighted by Crippen LogP contribution is 2.16. The first-order chi connectivity index (χ1) is 9.65. The van der Waals surface area contributed by atoms with Crippen molar-refractivity contribution in [1.29, 1.82) is 0 Å². The monoisotopic (exact) mass is 291 g/mol. The summed E-state index contributed by atoms with van der Waals surface area (Å²) in [7, 11) is 0. The molecule has 0 saturated carbocycles. The Morgan fingerprint density at radius 1 is 1.30 bits per heavy atom. The molecule has 106 valence electrons. The molecule has 0 radical (unpaired) electrons. The molecule has 20 heavy (non-hydrogen) atoms. The van der Waals surface area contributed by atoms with Crippen molar-refractivity contribution in [3.8, 4) is 0 Å². The molecule has 1 amide bonds. The SMILES string of the molecule is CCN(CC)C(=O)c1cnn(Cc2ccccc2Cl)c1. The largest absolute Gasteiger partial charge is 0.339 e. The van der Waals surface area contributed by atoms with E-state index in [1.807, 2.05) is 38.1 Å². The van der Waals surface area contributed by atoms with Crippen LogP contribution in [0.3, 0.4) is 0 Å². The lowest BCUT2D eigenvalue weighted by Gasteiger charge is -2.17. The van der Waals surface area contributed by atoms with Gasteiger partial charge >= 0.3 is 0 Å². The van der Waals surface area contributed by atoms with Gasteiger partial charge in [0.1, 0.15) is 0 Å². The van der Waals surface area contributed by atoms with Crippen LogP contribution in [0.15, 0.2) is 36.7 Å². The maximum absolute atomic E-state index is 12.2. The molecule has 0 spiro atoms. The van der Waals surface area contributed by atoms with Crippen molar-refractivity contribution in [3.63, 3.8) is 0 Å². The summed E-state index contributed by atoms with van der Waals surface area (Å²) in [5, 5.41) is 4.94. The van der Waals surface area contributed by atoms with Gasteiger partial charge in [-0.3, -0.25) is 9.48 Å². The molecule has 0 atom stereocenters. The van der Waals surface area contributed by atoms with E-state index in [9.17, 15) is 4.79 Å². The van der Waals surface area contributed by atoms with E-state index in [-0.39, 0.29) is 5.91 Å². The fourth-order valence-electron chi connectivity index (χ4n) is 2.06. The quantitative estimate of drug-likeness (QED) is 0.849. The van der Waals surface area contributed by atoms with Crippen molar-refractivity contribution in [1.82, 2.24) is 14.7 Å². The van der Waals surface area contributed by atoms with Crippen LogP contribution in [0.2, 0.25) is 5.02 Å². The van der Waals surface area contributed by atoms with E-state index < -0.39 is 0 Å². The van der Waals surface area contributed by atoms with E-state index in [0.717, 1.165) is 5.56 Å². The summed E-state index contributed by atoms with van der Waals surface area (Å²) < 4.78 is 1.73. The first-order valence-electron chi connectivity index (χ1n) is 6.70. The number of carbonyl (C=O) groups is 1. The van der Waals surface area contributed by atoms with E-state index in [4.69, 9.17) is 11.6 Å². The molecule has 1 aromatic carbocycles. The minimum Gasteiger partial charge on any atom is -0.339 e. The molecule has 1 heterocycles. The van der Waals surface area contributed by atoms with Crippen LogP contribution in [0.4, 0.5) is 0 Å². The topological polar surface area (TPSA) is 38.1 Å². The van der Waals surface area contributed by atoms with Crippen LogP contribution in [0, 0.1) is 0 Å². The normalized spacial score (nSPS) is 10.6. The molecule has 0 N–H and O–H groups in total. The molecule has 5 heteroatoms. The molecule has 0 saturated heterocycles. The number of amides is 1. The van der Waals surface area contributed by atoms with Crippen molar-refractivity contribution in [2.45, 2.75) is 20.4 Å². The third-order valence-electron chi connectivity index (χ3n) is 3.22. The van der Waals surface area contributed by atoms with Gasteiger partial charge in [-0.25, -0.2) is 0 Å². The Morgan fingerprint density at radius 2 is 2.00 bits per heavy atom. The molecule has 0 bridgehead atoms. The Bertz CT molecular complexity index is 590. The van der Waals surface area contributed by atoms with Crippen LogP contribution >= 0.6 is 11.6 Å². The summed E-state index contributed by atoms with van der Waals surface area (Å²) in [4.78, 5) is 14.0. The molecule has 0 aliphatic carbocycles. The summed E-state index contributed by atoms with van der Waals surface area (Å²) in [5.41, 5.74) is 1.60. The Labute approximate surface area is 124 Å². The molecule has 4 nitrogen and oxygen atoms in total. The van der Waals surface area contributed by atoms with Crippen molar-refractivity contribution < 1.29 is 4.79 Å². The maximum atomic E-state index is 12.2. The van der Waals surface area contributed by atoms with Gasteiger partial charge in [0.25, 0.3) is 5.91 Å². The lowest BCUT2D eigenvalue weighted by Crippen LogP contribution is -2.30. The zero-order valence-corrected chi connectivity index (χ0v) is 12.5. The summed E-state index contributed by atoms with van der Waals surface area (Å²) in [6.07, 6.45) is 3.38. The average molecular weight is 292 g/mol. The Morgan fingerprint density at radius 3 is 2.65 bits per heavy atom. The summed E-state index contributed by atoms with van der Waals surface area (Å²) >= 11 is 6.12. The first kappa shape index (κ1) is 14.6. The lowest BCUT2D eigenvalue weighted by molar-refractivity contribution is 0.0773. The van der Waals surface area contributed by atoms with Crippen molar-refractivity contribution in [2.75, 3.05) is 13.1 Å². The number of benzene rings is 1. The highest BCUT2D eigenvalue weighted by atomic mass is 35.5. The van der Waals surface area contributed by atoms with Gasteiger partial charge in [0.15, 0.2) is 0 Å². The summed E-state index contributed by atoms with van der Waals surface area (Å²) in [6, 6.07) is 7.63. The van der Waals surface area contributed by atoms with E-state index >= 15 is 0 Å². The first-order valence-corrected chi connectivity index (χ1v) is 7.08. The third-order valence-corrected chi connectivity index (χ3v) is 3.59. The van der Waals surface area contributed by atoms with Crippen LogP contribution in [0.25, 0.3) is 0 Å². The molecular formula is C15H18ClN3O. The fraction of sp³-hybridized carbons (Fsp3) is 0.333.